The zero-order valence-electron chi connectivity index (χ0n) is 9.50. The Hall–Kier alpha value is -0.610. The van der Waals surface area contributed by atoms with Crippen LogP contribution in [-0.2, 0) is 6.54 Å². The van der Waals surface area contributed by atoms with Crippen molar-refractivity contribution in [2.24, 2.45) is 5.73 Å². The van der Waals surface area contributed by atoms with E-state index in [4.69, 9.17) is 5.73 Å². The maximum absolute atomic E-state index is 5.71. The predicted molar refractivity (Wildman–Crippen MR) is 68.0 cm³/mol. The lowest BCUT2D eigenvalue weighted by molar-refractivity contribution is 0.653. The highest BCUT2D eigenvalue weighted by atomic mass is 79.9. The first-order valence-electron chi connectivity index (χ1n) is 5.17. The van der Waals surface area contributed by atoms with Crippen molar-refractivity contribution in [3.05, 3.63) is 22.3 Å². The Morgan fingerprint density at radius 2 is 2.27 bits per heavy atom. The predicted octanol–water partition coefficient (Wildman–Crippen LogP) is 2.54. The van der Waals surface area contributed by atoms with Gasteiger partial charge in [-0.3, -0.25) is 0 Å². The highest BCUT2D eigenvalue weighted by molar-refractivity contribution is 9.10. The molecular weight excluding hydrogens is 254 g/mol. The second-order valence-electron chi connectivity index (χ2n) is 3.71. The fourth-order valence-electron chi connectivity index (χ4n) is 1.42. The lowest BCUT2D eigenvalue weighted by Gasteiger charge is -2.26. The zero-order chi connectivity index (χ0) is 11.4. The van der Waals surface area contributed by atoms with Crippen molar-refractivity contribution in [1.82, 2.24) is 4.98 Å². The molecule has 0 fully saturated rings. The Morgan fingerprint density at radius 1 is 1.60 bits per heavy atom. The average Bonchev–Trinajstić information content (AvgIpc) is 2.26. The minimum absolute atomic E-state index is 0.476. The Labute approximate surface area is 99.8 Å². The first-order chi connectivity index (χ1) is 7.10. The fraction of sp³-hybridized carbons (Fsp3) is 0.545. The van der Waals surface area contributed by atoms with Gasteiger partial charge in [0, 0.05) is 35.9 Å². The molecule has 1 aromatic rings. The van der Waals surface area contributed by atoms with Crippen LogP contribution in [-0.4, -0.2) is 18.1 Å². The molecule has 1 heterocycles. The van der Waals surface area contributed by atoms with Crippen molar-refractivity contribution in [2.75, 3.05) is 11.9 Å². The average molecular weight is 272 g/mol. The summed E-state index contributed by atoms with van der Waals surface area (Å²) in [4.78, 5) is 6.59. The summed E-state index contributed by atoms with van der Waals surface area (Å²) in [6.07, 6.45) is 2.91. The van der Waals surface area contributed by atoms with E-state index in [0.29, 0.717) is 12.6 Å². The second kappa shape index (κ2) is 5.47. The first kappa shape index (κ1) is 12.5. The topological polar surface area (TPSA) is 42.2 Å². The molecule has 0 aliphatic heterocycles. The summed E-state index contributed by atoms with van der Waals surface area (Å²) >= 11 is 3.40. The van der Waals surface area contributed by atoms with E-state index in [-0.39, 0.29) is 0 Å². The molecule has 15 heavy (non-hydrogen) atoms. The van der Waals surface area contributed by atoms with E-state index < -0.39 is 0 Å². The monoisotopic (exact) mass is 271 g/mol. The maximum Gasteiger partial charge on any atom is 0.133 e. The Morgan fingerprint density at radius 3 is 2.80 bits per heavy atom. The molecule has 1 aromatic heterocycles. The van der Waals surface area contributed by atoms with E-state index in [1.807, 2.05) is 12.3 Å². The quantitative estimate of drug-likeness (QED) is 0.915. The number of rotatable bonds is 4. The van der Waals surface area contributed by atoms with E-state index in [2.05, 4.69) is 46.7 Å². The number of aromatic nitrogens is 1. The molecular formula is C11H18BrN3. The number of hydrogen-bond donors (Lipinski definition) is 1. The van der Waals surface area contributed by atoms with Crippen molar-refractivity contribution in [1.29, 1.82) is 0 Å². The number of anilines is 1. The number of pyridine rings is 1. The van der Waals surface area contributed by atoms with E-state index in [0.717, 1.165) is 22.3 Å². The molecule has 0 spiro atoms. The van der Waals surface area contributed by atoms with Crippen molar-refractivity contribution in [3.63, 3.8) is 0 Å². The summed E-state index contributed by atoms with van der Waals surface area (Å²) in [5.74, 6) is 0.982. The highest BCUT2D eigenvalue weighted by Crippen LogP contribution is 2.22. The van der Waals surface area contributed by atoms with Crippen LogP contribution in [0, 0.1) is 0 Å². The van der Waals surface area contributed by atoms with Gasteiger partial charge in [0.05, 0.1) is 0 Å². The third kappa shape index (κ3) is 2.92. The van der Waals surface area contributed by atoms with Crippen molar-refractivity contribution >= 4 is 21.7 Å². The molecule has 0 saturated carbocycles. The van der Waals surface area contributed by atoms with E-state index in [1.54, 1.807) is 0 Å². The molecule has 1 unspecified atom stereocenters. The molecule has 2 N–H and O–H groups in total. The number of hydrogen-bond acceptors (Lipinski definition) is 3. The largest absolute Gasteiger partial charge is 0.357 e. The van der Waals surface area contributed by atoms with E-state index >= 15 is 0 Å². The molecule has 3 nitrogen and oxygen atoms in total. The normalized spacial score (nSPS) is 12.6. The van der Waals surface area contributed by atoms with Gasteiger partial charge in [0.2, 0.25) is 0 Å². The number of nitrogens with zero attached hydrogens (tertiary/aromatic N) is 2. The lowest BCUT2D eigenvalue weighted by Crippen LogP contribution is -2.30. The molecule has 0 aliphatic rings. The lowest BCUT2D eigenvalue weighted by atomic mass is 10.2. The maximum atomic E-state index is 5.71. The number of halogens is 1. The van der Waals surface area contributed by atoms with Crippen molar-refractivity contribution < 1.29 is 0 Å². The van der Waals surface area contributed by atoms with Gasteiger partial charge in [-0.2, -0.15) is 0 Å². The smallest absolute Gasteiger partial charge is 0.133 e. The molecule has 0 saturated heterocycles. The summed E-state index contributed by atoms with van der Waals surface area (Å²) in [5.41, 5.74) is 6.79. The van der Waals surface area contributed by atoms with Gasteiger partial charge in [0.1, 0.15) is 5.82 Å². The summed E-state index contributed by atoms with van der Waals surface area (Å²) in [6.45, 7) is 4.87. The molecule has 0 amide bonds. The summed E-state index contributed by atoms with van der Waals surface area (Å²) < 4.78 is 0.976. The van der Waals surface area contributed by atoms with Crippen LogP contribution in [0.25, 0.3) is 0 Å². The molecule has 0 bridgehead atoms. The highest BCUT2D eigenvalue weighted by Gasteiger charge is 2.12. The number of nitrogens with two attached hydrogens (primary N) is 1. The van der Waals surface area contributed by atoms with Gasteiger partial charge in [-0.25, -0.2) is 4.98 Å². The molecule has 0 radical (unpaired) electrons. The van der Waals surface area contributed by atoms with Crippen LogP contribution >= 0.6 is 15.9 Å². The molecule has 84 valence electrons. The molecule has 1 rings (SSSR count). The van der Waals surface area contributed by atoms with Crippen LogP contribution < -0.4 is 10.6 Å². The van der Waals surface area contributed by atoms with Gasteiger partial charge in [-0.05, 0) is 35.3 Å². The van der Waals surface area contributed by atoms with Crippen LogP contribution in [0.1, 0.15) is 25.8 Å². The summed E-state index contributed by atoms with van der Waals surface area (Å²) in [5, 5.41) is 0. The molecule has 4 heteroatoms. The summed E-state index contributed by atoms with van der Waals surface area (Å²) in [6, 6.07) is 2.50. The van der Waals surface area contributed by atoms with Crippen LogP contribution in [0.4, 0.5) is 5.82 Å². The third-order valence-electron chi connectivity index (χ3n) is 2.72. The van der Waals surface area contributed by atoms with Crippen LogP contribution in [0.2, 0.25) is 0 Å². The fourth-order valence-corrected chi connectivity index (χ4v) is 1.80. The van der Waals surface area contributed by atoms with Gasteiger partial charge in [-0.15, -0.1) is 0 Å². The van der Waals surface area contributed by atoms with Gasteiger partial charge in [0.25, 0.3) is 0 Å². The SMILES string of the molecule is CCC(C)N(C)c1ncc(Br)cc1CN. The summed E-state index contributed by atoms with van der Waals surface area (Å²) in [7, 11) is 2.06. The molecule has 1 atom stereocenters. The van der Waals surface area contributed by atoms with Crippen molar-refractivity contribution in [3.8, 4) is 0 Å². The zero-order valence-corrected chi connectivity index (χ0v) is 11.1. The Balaban J connectivity index is 3.02. The minimum Gasteiger partial charge on any atom is -0.357 e. The first-order valence-corrected chi connectivity index (χ1v) is 5.96. The van der Waals surface area contributed by atoms with E-state index in [1.165, 1.54) is 0 Å². The van der Waals surface area contributed by atoms with Gasteiger partial charge in [0.15, 0.2) is 0 Å². The van der Waals surface area contributed by atoms with Crippen LogP contribution in [0.5, 0.6) is 0 Å². The molecule has 0 aromatic carbocycles. The third-order valence-corrected chi connectivity index (χ3v) is 3.15. The molecule has 0 aliphatic carbocycles. The Bertz CT molecular complexity index is 328. The second-order valence-corrected chi connectivity index (χ2v) is 4.62. The minimum atomic E-state index is 0.476. The van der Waals surface area contributed by atoms with E-state index in [9.17, 15) is 0 Å². The van der Waals surface area contributed by atoms with Gasteiger partial charge >= 0.3 is 0 Å². The van der Waals surface area contributed by atoms with Gasteiger partial charge in [-0.1, -0.05) is 6.92 Å². The van der Waals surface area contributed by atoms with Gasteiger partial charge < -0.3 is 10.6 Å². The van der Waals surface area contributed by atoms with Crippen LogP contribution in [0.15, 0.2) is 16.7 Å². The van der Waals surface area contributed by atoms with Crippen LogP contribution in [0.3, 0.4) is 0 Å². The van der Waals surface area contributed by atoms with Crippen molar-refractivity contribution in [2.45, 2.75) is 32.9 Å². The standard InChI is InChI=1S/C11H18BrN3/c1-4-8(2)15(3)11-9(6-13)5-10(12)7-14-11/h5,7-8H,4,6,13H2,1-3H3. The Kier molecular flexibility index (Phi) is 4.54.